The molecule has 0 spiro atoms. The highest BCUT2D eigenvalue weighted by Gasteiger charge is 2.42. The number of benzene rings is 1. The van der Waals surface area contributed by atoms with E-state index in [9.17, 15) is 9.59 Å². The zero-order valence-electron chi connectivity index (χ0n) is 20.8. The number of fused-ring (bicyclic) bond motifs is 1. The van der Waals surface area contributed by atoms with Crippen LogP contribution in [0.25, 0.3) is 10.9 Å². The number of amides is 2. The first-order valence-corrected chi connectivity index (χ1v) is 13.0. The topological polar surface area (TPSA) is 84.6 Å². The van der Waals surface area contributed by atoms with Crippen molar-refractivity contribution in [1.82, 2.24) is 30.0 Å². The summed E-state index contributed by atoms with van der Waals surface area (Å²) in [6, 6.07) is 13.2. The van der Waals surface area contributed by atoms with Gasteiger partial charge in [0.25, 0.3) is 11.8 Å². The summed E-state index contributed by atoms with van der Waals surface area (Å²) in [4.78, 5) is 41.7. The van der Waals surface area contributed by atoms with Crippen LogP contribution in [0.1, 0.15) is 35.9 Å². The monoisotopic (exact) mass is 508 g/mol. The lowest BCUT2D eigenvalue weighted by atomic mass is 9.93. The third kappa shape index (κ3) is 4.98. The Hall–Kier alpha value is -2.94. The van der Waals surface area contributed by atoms with Crippen molar-refractivity contribution in [3.8, 4) is 0 Å². The number of carbonyl (C=O) groups is 2. The van der Waals surface area contributed by atoms with E-state index in [1.54, 1.807) is 43.5 Å². The van der Waals surface area contributed by atoms with Gasteiger partial charge in [-0.15, -0.1) is 0 Å². The van der Waals surface area contributed by atoms with Gasteiger partial charge in [0.05, 0.1) is 5.69 Å². The minimum absolute atomic E-state index is 0.142. The van der Waals surface area contributed by atoms with Crippen molar-refractivity contribution in [2.24, 2.45) is 0 Å². The molecule has 3 aromatic rings. The molecule has 2 aromatic heterocycles. The summed E-state index contributed by atoms with van der Waals surface area (Å²) in [5.74, 6) is -0.509. The number of hydrogen-bond donors (Lipinski definition) is 2. The smallest absolute Gasteiger partial charge is 0.268 e. The molecule has 0 aliphatic carbocycles. The summed E-state index contributed by atoms with van der Waals surface area (Å²) in [7, 11) is 2.17. The number of aromatic nitrogens is 2. The molecular weight excluding hydrogens is 476 g/mol. The molecule has 190 valence electrons. The molecule has 36 heavy (non-hydrogen) atoms. The second-order valence-electron chi connectivity index (χ2n) is 10.1. The third-order valence-electron chi connectivity index (χ3n) is 7.60. The molecule has 1 atom stereocenters. The van der Waals surface area contributed by atoms with Crippen LogP contribution in [0.4, 0.5) is 0 Å². The molecule has 0 bridgehead atoms. The Balaban J connectivity index is 1.33. The fourth-order valence-electron chi connectivity index (χ4n) is 5.37. The summed E-state index contributed by atoms with van der Waals surface area (Å²) >= 11 is 6.11. The van der Waals surface area contributed by atoms with E-state index in [-0.39, 0.29) is 11.8 Å². The van der Waals surface area contributed by atoms with E-state index in [1.165, 1.54) is 12.8 Å². The molecule has 2 N–H and O–H groups in total. The highest BCUT2D eigenvalue weighted by molar-refractivity contribution is 6.31. The van der Waals surface area contributed by atoms with Gasteiger partial charge in [-0.2, -0.15) is 0 Å². The van der Waals surface area contributed by atoms with E-state index in [0.29, 0.717) is 35.5 Å². The van der Waals surface area contributed by atoms with Gasteiger partial charge in [0.1, 0.15) is 5.69 Å². The van der Waals surface area contributed by atoms with Crippen molar-refractivity contribution in [3.05, 3.63) is 65.1 Å². The minimum atomic E-state index is -1.30. The van der Waals surface area contributed by atoms with Crippen LogP contribution in [0.2, 0.25) is 5.02 Å². The first kappa shape index (κ1) is 24.7. The Labute approximate surface area is 216 Å². The predicted molar refractivity (Wildman–Crippen MR) is 141 cm³/mol. The fourth-order valence-corrected chi connectivity index (χ4v) is 5.55. The SMILES string of the molecule is CN1CCC(N2CCN(C(=O)[C@@](C)(NC(=O)c3cc4cc(Cl)ccc4[nH]3)c3ccccn3)CC2)CC1. The molecule has 2 saturated heterocycles. The summed E-state index contributed by atoms with van der Waals surface area (Å²) in [6.45, 7) is 6.94. The van der Waals surface area contributed by atoms with Crippen molar-refractivity contribution in [2.75, 3.05) is 46.3 Å². The number of H-pyrrole nitrogens is 1. The molecule has 0 saturated carbocycles. The van der Waals surface area contributed by atoms with Gasteiger partial charge in [0.2, 0.25) is 0 Å². The fraction of sp³-hybridized carbons (Fsp3) is 0.444. The van der Waals surface area contributed by atoms with E-state index in [4.69, 9.17) is 11.6 Å². The molecule has 2 aliphatic heterocycles. The van der Waals surface area contributed by atoms with E-state index in [2.05, 4.69) is 32.1 Å². The Bertz CT molecular complexity index is 1230. The van der Waals surface area contributed by atoms with Crippen LogP contribution >= 0.6 is 11.6 Å². The molecule has 2 aliphatic rings. The molecule has 0 radical (unpaired) electrons. The van der Waals surface area contributed by atoms with Crippen LogP contribution < -0.4 is 5.32 Å². The molecule has 8 nitrogen and oxygen atoms in total. The lowest BCUT2D eigenvalue weighted by Crippen LogP contribution is -2.61. The molecule has 4 heterocycles. The highest BCUT2D eigenvalue weighted by Crippen LogP contribution is 2.26. The van der Waals surface area contributed by atoms with Crippen LogP contribution in [0.3, 0.4) is 0 Å². The average Bonchev–Trinajstić information content (AvgIpc) is 3.33. The number of hydrogen-bond acceptors (Lipinski definition) is 5. The van der Waals surface area contributed by atoms with Crippen molar-refractivity contribution in [2.45, 2.75) is 31.3 Å². The second kappa shape index (κ2) is 10.2. The summed E-state index contributed by atoms with van der Waals surface area (Å²) in [5, 5.41) is 4.44. The molecule has 0 unspecified atom stereocenters. The Morgan fingerprint density at radius 1 is 1.06 bits per heavy atom. The van der Waals surface area contributed by atoms with Gasteiger partial charge < -0.3 is 20.1 Å². The lowest BCUT2D eigenvalue weighted by molar-refractivity contribution is -0.140. The number of piperazine rings is 1. The normalized spacial score (nSPS) is 19.8. The van der Waals surface area contributed by atoms with Gasteiger partial charge in [-0.25, -0.2) is 0 Å². The molecule has 5 rings (SSSR count). The lowest BCUT2D eigenvalue weighted by Gasteiger charge is -2.44. The van der Waals surface area contributed by atoms with E-state index < -0.39 is 5.54 Å². The second-order valence-corrected chi connectivity index (χ2v) is 10.5. The minimum Gasteiger partial charge on any atom is -0.351 e. The van der Waals surface area contributed by atoms with Gasteiger partial charge in [0, 0.05) is 54.3 Å². The van der Waals surface area contributed by atoms with E-state index in [1.807, 2.05) is 17.0 Å². The standard InChI is InChI=1S/C27H33ClN6O2/c1-27(24-5-3-4-10-29-24,31-25(35)23-18-19-17-20(28)6-7-22(19)30-23)26(36)34-15-13-33(14-16-34)21-8-11-32(2)12-9-21/h3-7,10,17-18,21,30H,8-9,11-16H2,1-2H3,(H,31,35)/t27-/m0/s1. The number of pyridine rings is 1. The van der Waals surface area contributed by atoms with E-state index >= 15 is 0 Å². The van der Waals surface area contributed by atoms with Gasteiger partial charge in [-0.05, 0) is 76.3 Å². The number of aromatic amines is 1. The third-order valence-corrected chi connectivity index (χ3v) is 7.84. The largest absolute Gasteiger partial charge is 0.351 e. The van der Waals surface area contributed by atoms with Crippen molar-refractivity contribution in [3.63, 3.8) is 0 Å². The maximum Gasteiger partial charge on any atom is 0.268 e. The van der Waals surface area contributed by atoms with E-state index in [0.717, 1.165) is 37.1 Å². The first-order chi connectivity index (χ1) is 17.3. The van der Waals surface area contributed by atoms with Crippen molar-refractivity contribution < 1.29 is 9.59 Å². The number of halogens is 1. The van der Waals surface area contributed by atoms with Gasteiger partial charge in [-0.1, -0.05) is 17.7 Å². The predicted octanol–water partition coefficient (Wildman–Crippen LogP) is 3.10. The van der Waals surface area contributed by atoms with Crippen molar-refractivity contribution >= 4 is 34.3 Å². The number of carbonyl (C=O) groups excluding carboxylic acids is 2. The molecule has 9 heteroatoms. The highest BCUT2D eigenvalue weighted by atomic mass is 35.5. The number of piperidine rings is 1. The van der Waals surface area contributed by atoms with Crippen LogP contribution in [0.15, 0.2) is 48.7 Å². The number of nitrogens with one attached hydrogen (secondary N) is 2. The first-order valence-electron chi connectivity index (χ1n) is 12.6. The number of rotatable bonds is 5. The van der Waals surface area contributed by atoms with Crippen molar-refractivity contribution in [1.29, 1.82) is 0 Å². The summed E-state index contributed by atoms with van der Waals surface area (Å²) in [6.07, 6.45) is 3.99. The molecule has 2 amide bonds. The average molecular weight is 509 g/mol. The quantitative estimate of drug-likeness (QED) is 0.553. The van der Waals surface area contributed by atoms with Crippen LogP contribution in [0, 0.1) is 0 Å². The van der Waals surface area contributed by atoms with Gasteiger partial charge in [0.15, 0.2) is 5.54 Å². The van der Waals surface area contributed by atoms with Crippen LogP contribution in [0.5, 0.6) is 0 Å². The van der Waals surface area contributed by atoms with Gasteiger partial charge >= 0.3 is 0 Å². The number of nitrogens with zero attached hydrogens (tertiary/aromatic N) is 4. The number of likely N-dealkylation sites (tertiary alicyclic amines) is 1. The Kier molecular flexibility index (Phi) is 7.01. The van der Waals surface area contributed by atoms with Crippen LogP contribution in [-0.2, 0) is 10.3 Å². The zero-order valence-corrected chi connectivity index (χ0v) is 21.6. The summed E-state index contributed by atoms with van der Waals surface area (Å²) in [5.41, 5.74) is 0.387. The molecule has 1 aromatic carbocycles. The Morgan fingerprint density at radius 3 is 2.50 bits per heavy atom. The maximum absolute atomic E-state index is 13.9. The summed E-state index contributed by atoms with van der Waals surface area (Å²) < 4.78 is 0. The molecule has 2 fully saturated rings. The Morgan fingerprint density at radius 2 is 1.81 bits per heavy atom. The molecular formula is C27H33ClN6O2. The maximum atomic E-state index is 13.9. The van der Waals surface area contributed by atoms with Crippen LogP contribution in [-0.4, -0.2) is 88.8 Å². The zero-order chi connectivity index (χ0) is 25.3. The van der Waals surface area contributed by atoms with Gasteiger partial charge in [-0.3, -0.25) is 19.5 Å².